The lowest BCUT2D eigenvalue weighted by Gasteiger charge is -2.26. The Bertz CT molecular complexity index is 662. The third-order valence-corrected chi connectivity index (χ3v) is 3.98. The highest BCUT2D eigenvalue weighted by Gasteiger charge is 2.33. The van der Waals surface area contributed by atoms with Crippen molar-refractivity contribution in [2.24, 2.45) is 0 Å². The zero-order valence-corrected chi connectivity index (χ0v) is 13.9. The van der Waals surface area contributed by atoms with E-state index in [1.165, 1.54) is 0 Å². The number of rotatable bonds is 6. The minimum atomic E-state index is -3.60. The van der Waals surface area contributed by atoms with E-state index in [2.05, 4.69) is 10.2 Å². The molecular weight excluding hydrogens is 348 g/mol. The van der Waals surface area contributed by atoms with Gasteiger partial charge in [0, 0.05) is 11.7 Å². The van der Waals surface area contributed by atoms with Crippen LogP contribution in [0.5, 0.6) is 5.19 Å². The van der Waals surface area contributed by atoms with Gasteiger partial charge in [0.25, 0.3) is 11.1 Å². The summed E-state index contributed by atoms with van der Waals surface area (Å²) in [7, 11) is 0. The second kappa shape index (κ2) is 7.18. The number of amides is 1. The first-order valence-corrected chi connectivity index (χ1v) is 7.89. The number of alkyl halides is 3. The van der Waals surface area contributed by atoms with Gasteiger partial charge in [0.2, 0.25) is 5.01 Å². The van der Waals surface area contributed by atoms with Crippen LogP contribution < -0.4 is 9.64 Å². The number of nitrogens with zero attached hydrogens (tertiary/aromatic N) is 3. The molecule has 0 unspecified atom stereocenters. The van der Waals surface area contributed by atoms with E-state index in [-0.39, 0.29) is 23.7 Å². The first kappa shape index (κ1) is 17.6. The number of carbonyl (C=O) groups is 1. The summed E-state index contributed by atoms with van der Waals surface area (Å²) in [6.07, 6.45) is 0. The van der Waals surface area contributed by atoms with Crippen molar-refractivity contribution >= 4 is 34.5 Å². The molecule has 1 heterocycles. The zero-order chi connectivity index (χ0) is 17.0. The fourth-order valence-electron chi connectivity index (χ4n) is 1.89. The standard InChI is InChI=1S/C14H14ClF2N3O2S/c1-9(2)20(10-6-4-3-5-7-10)11(21)8-22-13-19-18-12(23-13)14(15,16)17/h3-7,9H,8H2,1-2H3. The summed E-state index contributed by atoms with van der Waals surface area (Å²) in [4.78, 5) is 13.9. The molecule has 1 aromatic carbocycles. The first-order chi connectivity index (χ1) is 10.8. The molecule has 0 saturated heterocycles. The topological polar surface area (TPSA) is 55.3 Å². The van der Waals surface area contributed by atoms with E-state index in [9.17, 15) is 13.6 Å². The maximum atomic E-state index is 12.9. The van der Waals surface area contributed by atoms with Gasteiger partial charge in [-0.25, -0.2) is 0 Å². The molecular formula is C14H14ClF2N3O2S. The van der Waals surface area contributed by atoms with Gasteiger partial charge in [0.15, 0.2) is 6.61 Å². The monoisotopic (exact) mass is 361 g/mol. The van der Waals surface area contributed by atoms with Crippen LogP contribution in [-0.2, 0) is 10.2 Å². The van der Waals surface area contributed by atoms with Crippen LogP contribution in [-0.4, -0.2) is 28.8 Å². The van der Waals surface area contributed by atoms with Crippen molar-refractivity contribution < 1.29 is 18.3 Å². The van der Waals surface area contributed by atoms with Crippen LogP contribution in [0.4, 0.5) is 14.5 Å². The maximum absolute atomic E-state index is 12.9. The number of carbonyl (C=O) groups excluding carboxylic acids is 1. The molecule has 2 aromatic rings. The molecule has 0 bridgehead atoms. The number of hydrogen-bond donors (Lipinski definition) is 0. The minimum absolute atomic E-state index is 0.0920. The number of hydrogen-bond acceptors (Lipinski definition) is 5. The van der Waals surface area contributed by atoms with Crippen molar-refractivity contribution in [3.05, 3.63) is 35.3 Å². The molecule has 0 aliphatic carbocycles. The minimum Gasteiger partial charge on any atom is -0.459 e. The van der Waals surface area contributed by atoms with Gasteiger partial charge in [-0.3, -0.25) is 4.79 Å². The first-order valence-electron chi connectivity index (χ1n) is 6.69. The molecule has 0 saturated carbocycles. The normalized spacial score (nSPS) is 11.6. The molecule has 0 aliphatic heterocycles. The molecule has 2 rings (SSSR count). The molecule has 0 fully saturated rings. The van der Waals surface area contributed by atoms with Crippen LogP contribution in [0.1, 0.15) is 18.9 Å². The van der Waals surface area contributed by atoms with Crippen molar-refractivity contribution in [3.63, 3.8) is 0 Å². The van der Waals surface area contributed by atoms with Gasteiger partial charge in [-0.15, -0.1) is 5.10 Å². The van der Waals surface area contributed by atoms with Gasteiger partial charge in [0.05, 0.1) is 0 Å². The second-order valence-corrected chi connectivity index (χ2v) is 6.27. The smallest absolute Gasteiger partial charge is 0.376 e. The molecule has 0 aliphatic rings. The third kappa shape index (κ3) is 4.59. The van der Waals surface area contributed by atoms with Crippen LogP contribution in [0.25, 0.3) is 0 Å². The molecule has 1 amide bonds. The Kier molecular flexibility index (Phi) is 5.48. The molecule has 124 valence electrons. The van der Waals surface area contributed by atoms with Crippen LogP contribution in [0, 0.1) is 0 Å². The number of aromatic nitrogens is 2. The molecule has 0 atom stereocenters. The number of anilines is 1. The number of para-hydroxylation sites is 1. The lowest BCUT2D eigenvalue weighted by Crippen LogP contribution is -2.40. The Labute approximate surface area is 140 Å². The summed E-state index contributed by atoms with van der Waals surface area (Å²) in [6, 6.07) is 8.99. The van der Waals surface area contributed by atoms with Gasteiger partial charge in [-0.2, -0.15) is 8.78 Å². The van der Waals surface area contributed by atoms with Crippen LogP contribution in [0.15, 0.2) is 30.3 Å². The Morgan fingerprint density at radius 3 is 2.52 bits per heavy atom. The lowest BCUT2D eigenvalue weighted by atomic mass is 10.2. The summed E-state index contributed by atoms with van der Waals surface area (Å²) in [5.74, 6) is -0.319. The number of halogens is 3. The predicted molar refractivity (Wildman–Crippen MR) is 84.2 cm³/mol. The van der Waals surface area contributed by atoms with Crippen molar-refractivity contribution in [3.8, 4) is 5.19 Å². The second-order valence-electron chi connectivity index (χ2n) is 4.85. The van der Waals surface area contributed by atoms with Gasteiger partial charge in [-0.05, 0) is 37.6 Å². The van der Waals surface area contributed by atoms with Crippen molar-refractivity contribution in [2.45, 2.75) is 25.3 Å². The van der Waals surface area contributed by atoms with Crippen molar-refractivity contribution in [1.82, 2.24) is 10.2 Å². The average molecular weight is 362 g/mol. The number of ether oxygens (including phenoxy) is 1. The molecule has 9 heteroatoms. The largest absolute Gasteiger partial charge is 0.459 e. The van der Waals surface area contributed by atoms with Gasteiger partial charge in [0.1, 0.15) is 0 Å². The van der Waals surface area contributed by atoms with E-state index in [0.717, 1.165) is 5.69 Å². The Morgan fingerprint density at radius 1 is 1.35 bits per heavy atom. The van der Waals surface area contributed by atoms with Crippen molar-refractivity contribution in [2.75, 3.05) is 11.5 Å². The molecule has 0 N–H and O–H groups in total. The molecule has 23 heavy (non-hydrogen) atoms. The predicted octanol–water partition coefficient (Wildman–Crippen LogP) is 3.65. The Balaban J connectivity index is 2.04. The summed E-state index contributed by atoms with van der Waals surface area (Å²) < 4.78 is 30.9. The Hall–Kier alpha value is -1.80. The SMILES string of the molecule is CC(C)N(C(=O)COc1nnc(C(F)(F)Cl)s1)c1ccccc1. The van der Waals surface area contributed by atoms with E-state index in [0.29, 0.717) is 11.3 Å². The van der Waals surface area contributed by atoms with Crippen molar-refractivity contribution in [1.29, 1.82) is 0 Å². The maximum Gasteiger partial charge on any atom is 0.376 e. The fourth-order valence-corrected chi connectivity index (χ4v) is 2.61. The lowest BCUT2D eigenvalue weighted by molar-refractivity contribution is -0.120. The summed E-state index contributed by atoms with van der Waals surface area (Å²) in [5, 5.41) is 2.27. The third-order valence-electron chi connectivity index (χ3n) is 2.79. The zero-order valence-electron chi connectivity index (χ0n) is 12.4. The van der Waals surface area contributed by atoms with Crippen LogP contribution >= 0.6 is 22.9 Å². The summed E-state index contributed by atoms with van der Waals surface area (Å²) in [6.45, 7) is 3.39. The molecule has 1 aromatic heterocycles. The van der Waals surface area contributed by atoms with Gasteiger partial charge in [-0.1, -0.05) is 34.6 Å². The molecule has 0 radical (unpaired) electrons. The van der Waals surface area contributed by atoms with E-state index < -0.39 is 10.4 Å². The highest BCUT2D eigenvalue weighted by molar-refractivity contribution is 7.13. The fraction of sp³-hybridized carbons (Fsp3) is 0.357. The summed E-state index contributed by atoms with van der Waals surface area (Å²) >= 11 is 5.35. The Morgan fingerprint density at radius 2 is 2.00 bits per heavy atom. The number of benzene rings is 1. The van der Waals surface area contributed by atoms with Gasteiger partial charge >= 0.3 is 5.38 Å². The highest BCUT2D eigenvalue weighted by Crippen LogP contribution is 2.36. The van der Waals surface area contributed by atoms with Gasteiger partial charge < -0.3 is 9.64 Å². The van der Waals surface area contributed by atoms with Crippen LogP contribution in [0.3, 0.4) is 0 Å². The van der Waals surface area contributed by atoms with E-state index in [1.54, 1.807) is 17.0 Å². The van der Waals surface area contributed by atoms with E-state index in [4.69, 9.17) is 16.3 Å². The van der Waals surface area contributed by atoms with Crippen LogP contribution in [0.2, 0.25) is 0 Å². The van der Waals surface area contributed by atoms with E-state index >= 15 is 0 Å². The quantitative estimate of drug-likeness (QED) is 0.737. The average Bonchev–Trinajstić information content (AvgIpc) is 2.95. The summed E-state index contributed by atoms with van der Waals surface area (Å²) in [5.41, 5.74) is 0.723. The highest BCUT2D eigenvalue weighted by atomic mass is 35.5. The molecule has 0 spiro atoms. The molecule has 5 nitrogen and oxygen atoms in total. The van der Waals surface area contributed by atoms with E-state index in [1.807, 2.05) is 32.0 Å².